The maximum absolute atomic E-state index is 12.1. The normalized spacial score (nSPS) is 11.0. The number of fused-ring (bicyclic) bond motifs is 1. The van der Waals surface area contributed by atoms with Crippen molar-refractivity contribution in [1.29, 1.82) is 0 Å². The fourth-order valence-electron chi connectivity index (χ4n) is 2.38. The highest BCUT2D eigenvalue weighted by Gasteiger charge is 2.13. The molecule has 0 atom stereocenters. The molecule has 112 valence electrons. The Kier molecular flexibility index (Phi) is 4.78. The molecule has 0 bridgehead atoms. The minimum atomic E-state index is -0.162. The molecule has 0 fully saturated rings. The van der Waals surface area contributed by atoms with Crippen LogP contribution in [0.2, 0.25) is 0 Å². The summed E-state index contributed by atoms with van der Waals surface area (Å²) in [6.45, 7) is 7.00. The molecule has 0 aliphatic heterocycles. The van der Waals surface area contributed by atoms with E-state index in [1.165, 1.54) is 0 Å². The van der Waals surface area contributed by atoms with Crippen molar-refractivity contribution in [3.8, 4) is 0 Å². The number of rotatable bonds is 5. The van der Waals surface area contributed by atoms with Crippen LogP contribution in [-0.4, -0.2) is 17.4 Å². The number of nitrogens with one attached hydrogen (secondary N) is 1. The van der Waals surface area contributed by atoms with Crippen LogP contribution in [-0.2, 0) is 6.42 Å². The molecule has 2 aromatic rings. The second-order valence-corrected chi connectivity index (χ2v) is 5.76. The number of pyridine rings is 1. The average molecular weight is 285 g/mol. The molecule has 1 amide bonds. The summed E-state index contributed by atoms with van der Waals surface area (Å²) in [5.41, 5.74) is 9.08. The lowest BCUT2D eigenvalue weighted by Crippen LogP contribution is -2.25. The number of nitrogens with two attached hydrogens (primary N) is 1. The molecule has 0 saturated carbocycles. The highest BCUT2D eigenvalue weighted by atomic mass is 16.1. The van der Waals surface area contributed by atoms with Crippen molar-refractivity contribution < 1.29 is 4.79 Å². The van der Waals surface area contributed by atoms with Crippen molar-refractivity contribution in [3.63, 3.8) is 0 Å². The van der Waals surface area contributed by atoms with E-state index >= 15 is 0 Å². The van der Waals surface area contributed by atoms with E-state index in [4.69, 9.17) is 5.73 Å². The van der Waals surface area contributed by atoms with Crippen molar-refractivity contribution in [2.45, 2.75) is 33.6 Å². The maximum Gasteiger partial charge on any atom is 0.269 e. The number of carbonyl (C=O) groups excluding carboxylic acids is 1. The molecule has 21 heavy (non-hydrogen) atoms. The first-order valence-corrected chi connectivity index (χ1v) is 7.49. The van der Waals surface area contributed by atoms with Gasteiger partial charge in [-0.05, 0) is 30.4 Å². The Balaban J connectivity index is 2.48. The molecule has 0 unspecified atom stereocenters. The standard InChI is InChI=1S/C17H23N3O/c1-4-8-19-17(21)15-10-14(18)13-7-5-6-12(9-11(2)3)16(13)20-15/h5-7,10-11H,4,8-9H2,1-3H3,(H2,18,20)(H,19,21). The quantitative estimate of drug-likeness (QED) is 0.886. The SMILES string of the molecule is CCCNC(=O)c1cc(N)c2cccc(CC(C)C)c2n1. The fraction of sp³-hybridized carbons (Fsp3) is 0.412. The molecular formula is C17H23N3O. The summed E-state index contributed by atoms with van der Waals surface area (Å²) in [6, 6.07) is 7.67. The van der Waals surface area contributed by atoms with Crippen LogP contribution < -0.4 is 11.1 Å². The Hall–Kier alpha value is -2.10. The molecule has 0 saturated heterocycles. The first-order valence-electron chi connectivity index (χ1n) is 7.49. The van der Waals surface area contributed by atoms with Crippen LogP contribution in [0.25, 0.3) is 10.9 Å². The van der Waals surface area contributed by atoms with Gasteiger partial charge in [-0.3, -0.25) is 4.79 Å². The monoisotopic (exact) mass is 285 g/mol. The van der Waals surface area contributed by atoms with E-state index < -0.39 is 0 Å². The van der Waals surface area contributed by atoms with Gasteiger partial charge in [-0.25, -0.2) is 4.98 Å². The largest absolute Gasteiger partial charge is 0.398 e. The van der Waals surface area contributed by atoms with E-state index in [0.29, 0.717) is 23.8 Å². The Morgan fingerprint density at radius 1 is 1.38 bits per heavy atom. The number of para-hydroxylation sites is 1. The van der Waals surface area contributed by atoms with Crippen molar-refractivity contribution in [2.24, 2.45) is 5.92 Å². The molecule has 4 nitrogen and oxygen atoms in total. The minimum Gasteiger partial charge on any atom is -0.398 e. The predicted molar refractivity (Wildman–Crippen MR) is 87.3 cm³/mol. The first kappa shape index (κ1) is 15.3. The summed E-state index contributed by atoms with van der Waals surface area (Å²) in [4.78, 5) is 16.7. The molecule has 0 aliphatic carbocycles. The minimum absolute atomic E-state index is 0.162. The summed E-state index contributed by atoms with van der Waals surface area (Å²) in [5, 5.41) is 3.76. The van der Waals surface area contributed by atoms with Gasteiger partial charge in [-0.15, -0.1) is 0 Å². The van der Waals surface area contributed by atoms with Crippen LogP contribution >= 0.6 is 0 Å². The van der Waals surface area contributed by atoms with Crippen molar-refractivity contribution in [3.05, 3.63) is 35.5 Å². The Labute approximate surface area is 125 Å². The topological polar surface area (TPSA) is 68.0 Å². The Bertz CT molecular complexity index is 650. The molecular weight excluding hydrogens is 262 g/mol. The average Bonchev–Trinajstić information content (AvgIpc) is 2.44. The number of nitrogen functional groups attached to an aromatic ring is 1. The van der Waals surface area contributed by atoms with Gasteiger partial charge in [0.15, 0.2) is 0 Å². The van der Waals surface area contributed by atoms with Crippen molar-refractivity contribution >= 4 is 22.5 Å². The summed E-state index contributed by atoms with van der Waals surface area (Å²) < 4.78 is 0. The zero-order chi connectivity index (χ0) is 15.4. The molecule has 1 heterocycles. The molecule has 0 spiro atoms. The van der Waals surface area contributed by atoms with E-state index in [-0.39, 0.29) is 5.91 Å². The molecule has 2 rings (SSSR count). The van der Waals surface area contributed by atoms with Crippen molar-refractivity contribution in [1.82, 2.24) is 10.3 Å². The van der Waals surface area contributed by atoms with Crippen LogP contribution in [0.3, 0.4) is 0 Å². The third kappa shape index (κ3) is 3.51. The van der Waals surface area contributed by atoms with Crippen LogP contribution in [0.15, 0.2) is 24.3 Å². The van der Waals surface area contributed by atoms with Gasteiger partial charge in [0.1, 0.15) is 5.69 Å². The number of hydrogen-bond acceptors (Lipinski definition) is 3. The number of hydrogen-bond donors (Lipinski definition) is 2. The van der Waals surface area contributed by atoms with Crippen LogP contribution in [0.4, 0.5) is 5.69 Å². The Morgan fingerprint density at radius 2 is 2.14 bits per heavy atom. The highest BCUT2D eigenvalue weighted by Crippen LogP contribution is 2.25. The molecule has 4 heteroatoms. The van der Waals surface area contributed by atoms with E-state index in [1.54, 1.807) is 6.07 Å². The van der Waals surface area contributed by atoms with E-state index in [1.807, 2.05) is 19.1 Å². The van der Waals surface area contributed by atoms with Gasteiger partial charge in [-0.2, -0.15) is 0 Å². The second-order valence-electron chi connectivity index (χ2n) is 5.76. The third-order valence-electron chi connectivity index (χ3n) is 3.35. The van der Waals surface area contributed by atoms with Crippen LogP contribution in [0, 0.1) is 5.92 Å². The molecule has 1 aromatic heterocycles. The van der Waals surface area contributed by atoms with Gasteiger partial charge in [0.2, 0.25) is 0 Å². The van der Waals surface area contributed by atoms with Crippen molar-refractivity contribution in [2.75, 3.05) is 12.3 Å². The zero-order valence-corrected chi connectivity index (χ0v) is 12.9. The van der Waals surface area contributed by atoms with E-state index in [2.05, 4.69) is 30.2 Å². The van der Waals surface area contributed by atoms with Gasteiger partial charge < -0.3 is 11.1 Å². The zero-order valence-electron chi connectivity index (χ0n) is 12.9. The highest BCUT2D eigenvalue weighted by molar-refractivity contribution is 6.00. The van der Waals surface area contributed by atoms with Gasteiger partial charge in [-0.1, -0.05) is 39.0 Å². The lowest BCUT2D eigenvalue weighted by Gasteiger charge is -2.12. The van der Waals surface area contributed by atoms with Gasteiger partial charge >= 0.3 is 0 Å². The van der Waals surface area contributed by atoms with Gasteiger partial charge in [0, 0.05) is 17.6 Å². The van der Waals surface area contributed by atoms with Crippen LogP contribution in [0.1, 0.15) is 43.2 Å². The summed E-state index contributed by atoms with van der Waals surface area (Å²) in [7, 11) is 0. The number of aromatic nitrogens is 1. The Morgan fingerprint density at radius 3 is 2.81 bits per heavy atom. The van der Waals surface area contributed by atoms with E-state index in [0.717, 1.165) is 29.3 Å². The lowest BCUT2D eigenvalue weighted by atomic mass is 9.99. The molecule has 0 aliphatic rings. The summed E-state index contributed by atoms with van der Waals surface area (Å²) in [6.07, 6.45) is 1.82. The molecule has 3 N–H and O–H groups in total. The second kappa shape index (κ2) is 6.57. The van der Waals surface area contributed by atoms with Crippen LogP contribution in [0.5, 0.6) is 0 Å². The van der Waals surface area contributed by atoms with E-state index in [9.17, 15) is 4.79 Å². The molecule has 0 radical (unpaired) electrons. The third-order valence-corrected chi connectivity index (χ3v) is 3.35. The smallest absolute Gasteiger partial charge is 0.269 e. The van der Waals surface area contributed by atoms with Gasteiger partial charge in [0.25, 0.3) is 5.91 Å². The summed E-state index contributed by atoms with van der Waals surface area (Å²) in [5.74, 6) is 0.362. The fourth-order valence-corrected chi connectivity index (χ4v) is 2.38. The van der Waals surface area contributed by atoms with Gasteiger partial charge in [0.05, 0.1) is 5.52 Å². The predicted octanol–water partition coefficient (Wildman–Crippen LogP) is 3.16. The summed E-state index contributed by atoms with van der Waals surface area (Å²) >= 11 is 0. The molecule has 1 aromatic carbocycles. The number of benzene rings is 1. The lowest BCUT2D eigenvalue weighted by molar-refractivity contribution is 0.0949. The number of carbonyl (C=O) groups is 1. The first-order chi connectivity index (χ1) is 10.0. The maximum atomic E-state index is 12.1. The number of amides is 1. The number of nitrogens with zero attached hydrogens (tertiary/aromatic N) is 1. The number of anilines is 1.